The van der Waals surface area contributed by atoms with E-state index in [1.165, 1.54) is 22.5 Å². The van der Waals surface area contributed by atoms with Gasteiger partial charge in [0.25, 0.3) is 0 Å². The van der Waals surface area contributed by atoms with Gasteiger partial charge in [0.2, 0.25) is 0 Å². The Bertz CT molecular complexity index is 753. The molecule has 0 spiro atoms. The Hall–Kier alpha value is -1.92. The van der Waals surface area contributed by atoms with Gasteiger partial charge in [0.05, 0.1) is 18.5 Å². The first-order valence-corrected chi connectivity index (χ1v) is 11.0. The second kappa shape index (κ2) is 10.0. The molecule has 0 saturated carbocycles. The van der Waals surface area contributed by atoms with Crippen molar-refractivity contribution in [2.45, 2.75) is 52.4 Å². The van der Waals surface area contributed by atoms with E-state index in [1.54, 1.807) is 16.8 Å². The number of hydroxylamine groups is 2. The molecule has 0 radical (unpaired) electrons. The van der Waals surface area contributed by atoms with E-state index in [-0.39, 0.29) is 5.97 Å². The lowest BCUT2D eigenvalue weighted by molar-refractivity contribution is -0.195. The van der Waals surface area contributed by atoms with Gasteiger partial charge in [0.15, 0.2) is 0 Å². The molecule has 1 fully saturated rings. The normalized spacial score (nSPS) is 15.7. The lowest BCUT2D eigenvalue weighted by Gasteiger charge is -2.30. The maximum absolute atomic E-state index is 12.0. The highest BCUT2D eigenvalue weighted by atomic mass is 32.1. The molecule has 0 atom stereocenters. The first-order chi connectivity index (χ1) is 13.5. The molecule has 2 heterocycles. The van der Waals surface area contributed by atoms with Crippen molar-refractivity contribution >= 4 is 17.3 Å². The largest absolute Gasteiger partial charge is 0.493 e. The van der Waals surface area contributed by atoms with E-state index in [0.29, 0.717) is 18.3 Å². The third-order valence-corrected chi connectivity index (χ3v) is 5.96. The summed E-state index contributed by atoms with van der Waals surface area (Å²) >= 11 is 1.48. The Morgan fingerprint density at radius 2 is 2.11 bits per heavy atom. The number of aryl methyl sites for hydroxylation is 1. The summed E-state index contributed by atoms with van der Waals surface area (Å²) in [5.74, 6) is 1.89. The van der Waals surface area contributed by atoms with E-state index in [4.69, 9.17) is 9.57 Å². The molecule has 0 N–H and O–H groups in total. The highest BCUT2D eigenvalue weighted by Crippen LogP contribution is 2.28. The number of hydrogen-bond acceptors (Lipinski definition) is 6. The zero-order valence-corrected chi connectivity index (χ0v) is 17.8. The van der Waals surface area contributed by atoms with E-state index < -0.39 is 0 Å². The fourth-order valence-corrected chi connectivity index (χ4v) is 4.10. The fraction of sp³-hybridized carbons (Fsp3) is 0.545. The highest BCUT2D eigenvalue weighted by molar-refractivity contribution is 7.09. The van der Waals surface area contributed by atoms with Gasteiger partial charge >= 0.3 is 5.97 Å². The van der Waals surface area contributed by atoms with Crippen molar-refractivity contribution in [1.82, 2.24) is 10.0 Å². The van der Waals surface area contributed by atoms with Crippen LogP contribution in [0.1, 0.15) is 55.0 Å². The van der Waals surface area contributed by atoms with Crippen LogP contribution >= 0.6 is 11.3 Å². The van der Waals surface area contributed by atoms with Crippen LogP contribution in [-0.4, -0.2) is 35.7 Å². The molecule has 28 heavy (non-hydrogen) atoms. The van der Waals surface area contributed by atoms with Crippen molar-refractivity contribution in [3.63, 3.8) is 0 Å². The summed E-state index contributed by atoms with van der Waals surface area (Å²) in [6, 6.07) is 6.46. The summed E-state index contributed by atoms with van der Waals surface area (Å²) in [6.07, 6.45) is 5.11. The average molecular weight is 403 g/mol. The maximum Gasteiger partial charge on any atom is 0.330 e. The van der Waals surface area contributed by atoms with Crippen LogP contribution in [0.25, 0.3) is 0 Å². The smallest absolute Gasteiger partial charge is 0.330 e. The molecule has 152 valence electrons. The van der Waals surface area contributed by atoms with E-state index in [0.717, 1.165) is 49.6 Å². The van der Waals surface area contributed by atoms with Crippen LogP contribution in [-0.2, 0) is 16.1 Å². The molecule has 1 saturated heterocycles. The second-order valence-electron chi connectivity index (χ2n) is 7.81. The Kier molecular flexibility index (Phi) is 7.45. The summed E-state index contributed by atoms with van der Waals surface area (Å²) in [7, 11) is 0. The number of ether oxygens (including phenoxy) is 1. The molecule has 0 unspecified atom stereocenters. The molecule has 0 bridgehead atoms. The van der Waals surface area contributed by atoms with Crippen molar-refractivity contribution in [1.29, 1.82) is 0 Å². The van der Waals surface area contributed by atoms with E-state index in [1.807, 2.05) is 0 Å². The average Bonchev–Trinajstić information content (AvgIpc) is 3.16. The van der Waals surface area contributed by atoms with Crippen LogP contribution in [0.5, 0.6) is 5.75 Å². The number of carbonyl (C=O) groups excluding carboxylic acids is 1. The number of hydrogen-bond donors (Lipinski definition) is 0. The minimum Gasteiger partial charge on any atom is -0.493 e. The van der Waals surface area contributed by atoms with Crippen LogP contribution in [0.2, 0.25) is 0 Å². The van der Waals surface area contributed by atoms with Gasteiger partial charge in [0, 0.05) is 24.2 Å². The Morgan fingerprint density at radius 3 is 2.79 bits per heavy atom. The molecule has 0 amide bonds. The number of carbonyl (C=O) groups is 1. The lowest BCUT2D eigenvalue weighted by Crippen LogP contribution is -2.36. The summed E-state index contributed by atoms with van der Waals surface area (Å²) in [5.41, 5.74) is 4.23. The lowest BCUT2D eigenvalue weighted by atomic mass is 9.95. The van der Waals surface area contributed by atoms with Gasteiger partial charge in [-0.3, -0.25) is 4.98 Å². The SMILES string of the molecule is Cc1ccc(C(C)C)c(OCCC2CCN(OC(=O)Cc3cncs3)CC2)c1. The van der Waals surface area contributed by atoms with Crippen LogP contribution in [0, 0.1) is 12.8 Å². The Balaban J connectivity index is 1.38. The molecule has 1 aromatic carbocycles. The van der Waals surface area contributed by atoms with E-state index in [9.17, 15) is 4.79 Å². The molecule has 3 rings (SSSR count). The van der Waals surface area contributed by atoms with Crippen molar-refractivity contribution in [2.24, 2.45) is 5.92 Å². The van der Waals surface area contributed by atoms with Crippen LogP contribution in [0.3, 0.4) is 0 Å². The number of piperidine rings is 1. The predicted molar refractivity (Wildman–Crippen MR) is 112 cm³/mol. The summed E-state index contributed by atoms with van der Waals surface area (Å²) in [5, 5.41) is 1.80. The maximum atomic E-state index is 12.0. The first kappa shape index (κ1) is 20.8. The van der Waals surface area contributed by atoms with Crippen LogP contribution in [0.15, 0.2) is 29.9 Å². The van der Waals surface area contributed by atoms with Crippen molar-refractivity contribution in [3.05, 3.63) is 45.9 Å². The topological polar surface area (TPSA) is 51.7 Å². The number of aromatic nitrogens is 1. The van der Waals surface area contributed by atoms with Gasteiger partial charge in [0.1, 0.15) is 5.75 Å². The van der Waals surface area contributed by atoms with Gasteiger partial charge in [-0.05, 0) is 55.2 Å². The zero-order chi connectivity index (χ0) is 19.9. The van der Waals surface area contributed by atoms with Gasteiger partial charge in [-0.1, -0.05) is 26.0 Å². The van der Waals surface area contributed by atoms with E-state index in [2.05, 4.69) is 44.0 Å². The first-order valence-electron chi connectivity index (χ1n) is 10.1. The summed E-state index contributed by atoms with van der Waals surface area (Å²) in [6.45, 7) is 8.82. The Labute approximate surface area is 171 Å². The third-order valence-electron chi connectivity index (χ3n) is 5.18. The Morgan fingerprint density at radius 1 is 1.32 bits per heavy atom. The molecular formula is C22H30N2O3S. The minimum atomic E-state index is -0.202. The van der Waals surface area contributed by atoms with Crippen molar-refractivity contribution < 1.29 is 14.4 Å². The molecule has 5 nitrogen and oxygen atoms in total. The van der Waals surface area contributed by atoms with Gasteiger partial charge in [-0.15, -0.1) is 16.4 Å². The van der Waals surface area contributed by atoms with Gasteiger partial charge in [-0.25, -0.2) is 4.79 Å². The molecule has 6 heteroatoms. The van der Waals surface area contributed by atoms with Crippen molar-refractivity contribution in [2.75, 3.05) is 19.7 Å². The number of benzene rings is 1. The minimum absolute atomic E-state index is 0.202. The van der Waals surface area contributed by atoms with Crippen LogP contribution < -0.4 is 4.74 Å². The number of rotatable bonds is 8. The third kappa shape index (κ3) is 6.04. The molecule has 0 aliphatic carbocycles. The molecule has 2 aromatic rings. The van der Waals surface area contributed by atoms with Gasteiger partial charge < -0.3 is 9.57 Å². The van der Waals surface area contributed by atoms with E-state index >= 15 is 0 Å². The molecule has 1 aliphatic heterocycles. The number of thiazole rings is 1. The van der Waals surface area contributed by atoms with Crippen LogP contribution in [0.4, 0.5) is 0 Å². The highest BCUT2D eigenvalue weighted by Gasteiger charge is 2.22. The fourth-order valence-electron chi connectivity index (χ4n) is 3.52. The standard InChI is InChI=1S/C22H30N2O3S/c1-16(2)20-5-4-17(3)12-21(20)26-11-8-18-6-9-24(10-7-18)27-22(25)13-19-14-23-15-28-19/h4-5,12,14-16,18H,6-11,13H2,1-3H3. The quantitative estimate of drug-likeness (QED) is 0.637. The summed E-state index contributed by atoms with van der Waals surface area (Å²) in [4.78, 5) is 22.4. The summed E-state index contributed by atoms with van der Waals surface area (Å²) < 4.78 is 6.13. The zero-order valence-electron chi connectivity index (χ0n) is 17.0. The number of nitrogens with zero attached hydrogens (tertiary/aromatic N) is 2. The second-order valence-corrected chi connectivity index (χ2v) is 8.78. The molecule has 1 aliphatic rings. The monoisotopic (exact) mass is 402 g/mol. The molecule has 1 aromatic heterocycles. The predicted octanol–water partition coefficient (Wildman–Crippen LogP) is 4.76. The van der Waals surface area contributed by atoms with Gasteiger partial charge in [-0.2, -0.15) is 0 Å². The van der Waals surface area contributed by atoms with Crippen molar-refractivity contribution in [3.8, 4) is 5.75 Å². The molecular weight excluding hydrogens is 372 g/mol.